The Balaban J connectivity index is 4.03. The molecular weight excluding hydrogens is 806 g/mol. The van der Waals surface area contributed by atoms with E-state index in [-0.39, 0.29) is 12.8 Å². The number of hydrogen-bond acceptors (Lipinski definition) is 8. The third-order valence-electron chi connectivity index (χ3n) is 9.39. The Morgan fingerprint density at radius 1 is 0.548 bits per heavy atom. The van der Waals surface area contributed by atoms with Crippen molar-refractivity contribution in [3.8, 4) is 0 Å². The highest BCUT2D eigenvalue weighted by Gasteiger charge is 2.28. The van der Waals surface area contributed by atoms with Crippen molar-refractivity contribution >= 4 is 25.7 Å². The van der Waals surface area contributed by atoms with Crippen LogP contribution < -0.4 is 5.32 Å². The van der Waals surface area contributed by atoms with Gasteiger partial charge in [-0.25, -0.2) is 9.36 Å². The zero-order chi connectivity index (χ0) is 45.6. The molecule has 0 aliphatic carbocycles. The minimum absolute atomic E-state index is 0.0950. The minimum Gasteiger partial charge on any atom is -0.480 e. The zero-order valence-electron chi connectivity index (χ0n) is 38.1. The molecule has 1 amide bonds. The first kappa shape index (κ1) is 58.4. The summed E-state index contributed by atoms with van der Waals surface area (Å²) >= 11 is 0. The molecule has 0 aromatic rings. The number of carboxylic acid groups (broad SMARTS) is 1. The smallest absolute Gasteiger partial charge is 0.472 e. The molecule has 0 saturated carbocycles. The van der Waals surface area contributed by atoms with Crippen LogP contribution in [-0.4, -0.2) is 64.9 Å². The molecule has 62 heavy (non-hydrogen) atoms. The third-order valence-corrected chi connectivity index (χ3v) is 10.3. The fraction of sp³-hybridized carbons (Fsp3) is 0.620. The number of esters is 1. The number of carbonyl (C=O) groups is 3. The van der Waals surface area contributed by atoms with E-state index in [1.807, 2.05) is 12.2 Å². The monoisotopic (exact) mass is 888 g/mol. The number of unbranched alkanes of at least 4 members (excludes halogenated alkanes) is 13. The maximum atomic E-state index is 12.3. The Kier molecular flexibility index (Phi) is 41.5. The Bertz CT molecular complexity index is 1410. The van der Waals surface area contributed by atoms with Crippen LogP contribution in [0, 0.1) is 0 Å². The van der Waals surface area contributed by atoms with Gasteiger partial charge in [0.1, 0.15) is 12.7 Å². The van der Waals surface area contributed by atoms with E-state index < -0.39 is 57.6 Å². The van der Waals surface area contributed by atoms with Gasteiger partial charge >= 0.3 is 19.8 Å². The normalized spacial score (nSPS) is 14.5. The van der Waals surface area contributed by atoms with Crippen molar-refractivity contribution in [2.45, 2.75) is 180 Å². The number of allylic oxidation sites excluding steroid dienone is 15. The topological polar surface area (TPSA) is 169 Å². The Morgan fingerprint density at radius 3 is 1.44 bits per heavy atom. The van der Waals surface area contributed by atoms with Gasteiger partial charge in [-0.15, -0.1) is 0 Å². The molecule has 0 rings (SSSR count). The number of ether oxygens (including phenoxy) is 1. The fourth-order valence-electron chi connectivity index (χ4n) is 5.80. The van der Waals surface area contributed by atoms with Crippen LogP contribution in [0.5, 0.6) is 0 Å². The number of aliphatic carboxylic acids is 1. The first-order chi connectivity index (χ1) is 30.1. The van der Waals surface area contributed by atoms with Gasteiger partial charge in [0.2, 0.25) is 5.91 Å². The first-order valence-electron chi connectivity index (χ1n) is 23.3. The van der Waals surface area contributed by atoms with Crippen LogP contribution in [0.4, 0.5) is 0 Å². The number of nitrogens with one attached hydrogen (secondary N) is 1. The predicted molar refractivity (Wildman–Crippen MR) is 254 cm³/mol. The second kappa shape index (κ2) is 44.0. The van der Waals surface area contributed by atoms with Crippen molar-refractivity contribution in [3.63, 3.8) is 0 Å². The van der Waals surface area contributed by atoms with Crippen molar-refractivity contribution in [1.82, 2.24) is 5.32 Å². The Labute approximate surface area is 374 Å². The summed E-state index contributed by atoms with van der Waals surface area (Å²) in [5.74, 6) is -2.56. The molecule has 3 unspecified atom stereocenters. The van der Waals surface area contributed by atoms with Gasteiger partial charge in [-0.2, -0.15) is 0 Å². The zero-order valence-corrected chi connectivity index (χ0v) is 39.0. The number of hydrogen-bond donors (Lipinski definition) is 4. The first-order valence-corrected chi connectivity index (χ1v) is 24.8. The second-order valence-corrected chi connectivity index (χ2v) is 16.7. The molecule has 3 atom stereocenters. The number of phosphoric ester groups is 1. The summed E-state index contributed by atoms with van der Waals surface area (Å²) in [6.45, 7) is 2.40. The number of carboxylic acids is 1. The summed E-state index contributed by atoms with van der Waals surface area (Å²) in [6.07, 6.45) is 56.0. The van der Waals surface area contributed by atoms with E-state index in [4.69, 9.17) is 13.8 Å². The average Bonchev–Trinajstić information content (AvgIpc) is 3.25. The lowest BCUT2D eigenvalue weighted by Gasteiger charge is -2.18. The molecule has 352 valence electrons. The van der Waals surface area contributed by atoms with Gasteiger partial charge in [0.05, 0.1) is 13.2 Å². The van der Waals surface area contributed by atoms with Crippen LogP contribution in [-0.2, 0) is 32.7 Å². The minimum atomic E-state index is -4.79. The quantitative estimate of drug-likeness (QED) is 0.0200. The average molecular weight is 888 g/mol. The van der Waals surface area contributed by atoms with Gasteiger partial charge in [0.15, 0.2) is 6.04 Å². The lowest BCUT2D eigenvalue weighted by atomic mass is 10.1. The number of phosphoric acid groups is 1. The van der Waals surface area contributed by atoms with E-state index in [0.29, 0.717) is 12.8 Å². The molecule has 0 aromatic heterocycles. The lowest BCUT2D eigenvalue weighted by Crippen LogP contribution is -2.43. The molecule has 0 aliphatic rings. The number of aliphatic hydroxyl groups excluding tert-OH is 1. The molecule has 0 radical (unpaired) electrons. The SMILES string of the molecule is CC/C=C\C/C=C\C/C=C\C/C=C\C/C=C\C/C=C\C/C=C\CC(=O)NC(COP(=O)(O)OCC(O)COC(=O)CCCCCCCCC/C=C\CCCCCCCC)C(=O)O. The van der Waals surface area contributed by atoms with E-state index in [1.54, 1.807) is 12.2 Å². The summed E-state index contributed by atoms with van der Waals surface area (Å²) in [6, 6.07) is -1.61. The molecule has 0 saturated heterocycles. The highest BCUT2D eigenvalue weighted by molar-refractivity contribution is 7.47. The third kappa shape index (κ3) is 43.1. The number of aliphatic hydroxyl groups is 1. The standard InChI is InChI=1S/C50H82NO10P/c1-3-5-7-9-11-13-15-17-19-21-22-23-24-26-27-29-31-33-35-37-39-41-48(53)51-47(50(55)56)45-61-62(57,58)60-44-46(52)43-59-49(54)42-40-38-36-34-32-30-28-25-20-18-16-14-12-10-8-6-4-2/h5,7,11,13,17-20,22-23,26-27,31,33,37,39,46-47,52H,3-4,6,8-10,12,14-16,21,24-25,28-30,32,34-36,38,40-45H2,1-2H3,(H,51,53)(H,55,56)(H,57,58)/b7-5-,13-11-,19-17-,20-18-,23-22-,27-26-,33-31-,39-37-. The molecule has 0 bridgehead atoms. The fourth-order valence-corrected chi connectivity index (χ4v) is 6.57. The van der Waals surface area contributed by atoms with Crippen molar-refractivity contribution < 1.29 is 47.8 Å². The van der Waals surface area contributed by atoms with Gasteiger partial charge in [0, 0.05) is 12.8 Å². The summed E-state index contributed by atoms with van der Waals surface area (Å²) < 4.78 is 26.8. The molecule has 12 heteroatoms. The summed E-state index contributed by atoms with van der Waals surface area (Å²) in [5.41, 5.74) is 0. The van der Waals surface area contributed by atoms with E-state index >= 15 is 0 Å². The predicted octanol–water partition coefficient (Wildman–Crippen LogP) is 12.4. The molecule has 0 aromatic carbocycles. The van der Waals surface area contributed by atoms with Gasteiger partial charge in [-0.3, -0.25) is 18.6 Å². The molecule has 0 aliphatic heterocycles. The van der Waals surface area contributed by atoms with Gasteiger partial charge in [-0.05, 0) is 77.0 Å². The molecule has 0 fully saturated rings. The van der Waals surface area contributed by atoms with Crippen molar-refractivity contribution in [2.75, 3.05) is 19.8 Å². The highest BCUT2D eigenvalue weighted by atomic mass is 31.2. The van der Waals surface area contributed by atoms with Crippen molar-refractivity contribution in [2.24, 2.45) is 0 Å². The van der Waals surface area contributed by atoms with Crippen molar-refractivity contribution in [3.05, 3.63) is 97.2 Å². The van der Waals surface area contributed by atoms with Crippen LogP contribution in [0.2, 0.25) is 0 Å². The molecule has 11 nitrogen and oxygen atoms in total. The molecular formula is C50H82NO10P. The van der Waals surface area contributed by atoms with Gasteiger partial charge < -0.3 is 25.2 Å². The molecule has 0 spiro atoms. The van der Waals surface area contributed by atoms with Crippen LogP contribution in [0.25, 0.3) is 0 Å². The van der Waals surface area contributed by atoms with Crippen LogP contribution in [0.1, 0.15) is 168 Å². The van der Waals surface area contributed by atoms with E-state index in [0.717, 1.165) is 64.2 Å². The summed E-state index contributed by atoms with van der Waals surface area (Å²) in [7, 11) is -4.79. The second-order valence-electron chi connectivity index (χ2n) is 15.2. The number of amides is 1. The molecule has 0 heterocycles. The highest BCUT2D eigenvalue weighted by Crippen LogP contribution is 2.43. The van der Waals surface area contributed by atoms with Gasteiger partial charge in [-0.1, -0.05) is 175 Å². The van der Waals surface area contributed by atoms with E-state index in [2.05, 4.69) is 92.1 Å². The van der Waals surface area contributed by atoms with Crippen molar-refractivity contribution in [1.29, 1.82) is 0 Å². The van der Waals surface area contributed by atoms with Crippen LogP contribution in [0.15, 0.2) is 97.2 Å². The summed E-state index contributed by atoms with van der Waals surface area (Å²) in [4.78, 5) is 45.9. The largest absolute Gasteiger partial charge is 0.480 e. The maximum absolute atomic E-state index is 12.3. The molecule has 4 N–H and O–H groups in total. The Morgan fingerprint density at radius 2 is 0.968 bits per heavy atom. The maximum Gasteiger partial charge on any atom is 0.472 e. The van der Waals surface area contributed by atoms with Gasteiger partial charge in [0.25, 0.3) is 0 Å². The van der Waals surface area contributed by atoms with E-state index in [1.165, 1.54) is 64.2 Å². The van der Waals surface area contributed by atoms with Crippen LogP contribution >= 0.6 is 7.82 Å². The Hall–Kier alpha value is -3.60. The number of carbonyl (C=O) groups excluding carboxylic acids is 2. The number of rotatable bonds is 42. The summed E-state index contributed by atoms with van der Waals surface area (Å²) in [5, 5.41) is 21.8. The van der Waals surface area contributed by atoms with Crippen LogP contribution in [0.3, 0.4) is 0 Å². The lowest BCUT2D eigenvalue weighted by molar-refractivity contribution is -0.147. The van der Waals surface area contributed by atoms with E-state index in [9.17, 15) is 34.1 Å².